The zero-order chi connectivity index (χ0) is 18.7. The minimum atomic E-state index is -0.781. The molecule has 0 aliphatic carbocycles. The van der Waals surface area contributed by atoms with E-state index in [-0.39, 0.29) is 18.0 Å². The largest absolute Gasteiger partial charge is 0.424 e. The average Bonchev–Trinajstić information content (AvgIpc) is 3.05. The van der Waals surface area contributed by atoms with Gasteiger partial charge in [-0.05, 0) is 19.9 Å². The highest BCUT2D eigenvalue weighted by Gasteiger charge is 2.18. The van der Waals surface area contributed by atoms with E-state index < -0.39 is 6.04 Å². The fourth-order valence-electron chi connectivity index (χ4n) is 2.41. The van der Waals surface area contributed by atoms with Crippen LogP contribution in [0.5, 0.6) is 0 Å². The number of carbonyl (C=O) groups excluding carboxylic acids is 1. The first-order valence-electron chi connectivity index (χ1n) is 8.17. The van der Waals surface area contributed by atoms with Gasteiger partial charge in [0.25, 0.3) is 5.56 Å². The van der Waals surface area contributed by atoms with Crippen molar-refractivity contribution in [2.45, 2.75) is 33.4 Å². The topological polar surface area (TPSA) is 103 Å². The molecule has 1 aromatic carbocycles. The Balaban J connectivity index is 1.78. The molecule has 0 spiro atoms. The number of rotatable bonds is 5. The molecule has 0 saturated carbocycles. The van der Waals surface area contributed by atoms with Gasteiger partial charge < -0.3 is 9.73 Å². The Morgan fingerprint density at radius 1 is 1.15 bits per heavy atom. The van der Waals surface area contributed by atoms with Crippen molar-refractivity contribution in [1.82, 2.24) is 25.3 Å². The first-order chi connectivity index (χ1) is 12.4. The number of benzene rings is 1. The van der Waals surface area contributed by atoms with Crippen LogP contribution in [-0.4, -0.2) is 25.9 Å². The van der Waals surface area contributed by atoms with Crippen LogP contribution in [0.2, 0.25) is 0 Å². The number of nitrogens with zero attached hydrogens (tertiary/aromatic N) is 4. The van der Waals surface area contributed by atoms with Gasteiger partial charge in [-0.2, -0.15) is 5.10 Å². The lowest BCUT2D eigenvalue weighted by Crippen LogP contribution is -2.36. The molecular formula is C18H19N5O3. The maximum absolute atomic E-state index is 12.4. The van der Waals surface area contributed by atoms with Crippen molar-refractivity contribution in [3.63, 3.8) is 0 Å². The van der Waals surface area contributed by atoms with Crippen LogP contribution in [0.15, 0.2) is 45.6 Å². The number of nitrogens with one attached hydrogen (secondary N) is 1. The van der Waals surface area contributed by atoms with Crippen LogP contribution in [0.25, 0.3) is 11.3 Å². The van der Waals surface area contributed by atoms with Crippen LogP contribution in [-0.2, 0) is 11.3 Å². The summed E-state index contributed by atoms with van der Waals surface area (Å²) in [4.78, 5) is 24.5. The Morgan fingerprint density at radius 3 is 2.54 bits per heavy atom. The molecular weight excluding hydrogens is 334 g/mol. The zero-order valence-electron chi connectivity index (χ0n) is 14.8. The van der Waals surface area contributed by atoms with Crippen molar-refractivity contribution < 1.29 is 9.21 Å². The van der Waals surface area contributed by atoms with E-state index in [0.717, 1.165) is 11.1 Å². The summed E-state index contributed by atoms with van der Waals surface area (Å²) in [6.07, 6.45) is 0. The van der Waals surface area contributed by atoms with Crippen LogP contribution < -0.4 is 10.9 Å². The normalized spacial score (nSPS) is 12.0. The lowest BCUT2D eigenvalue weighted by molar-refractivity contribution is -0.124. The highest BCUT2D eigenvalue weighted by Crippen LogP contribution is 2.16. The summed E-state index contributed by atoms with van der Waals surface area (Å²) in [5, 5.41) is 14.5. The van der Waals surface area contributed by atoms with Crippen LogP contribution in [0.4, 0.5) is 0 Å². The number of amides is 1. The molecule has 1 unspecified atom stereocenters. The molecule has 0 saturated heterocycles. The van der Waals surface area contributed by atoms with Crippen LogP contribution in [0.1, 0.15) is 30.3 Å². The van der Waals surface area contributed by atoms with Gasteiger partial charge in [-0.25, -0.2) is 4.68 Å². The highest BCUT2D eigenvalue weighted by atomic mass is 16.4. The van der Waals surface area contributed by atoms with E-state index in [0.29, 0.717) is 17.5 Å². The molecule has 134 valence electrons. The Hall–Kier alpha value is -3.29. The summed E-state index contributed by atoms with van der Waals surface area (Å²) in [5.41, 5.74) is 2.28. The van der Waals surface area contributed by atoms with Gasteiger partial charge in [-0.3, -0.25) is 9.59 Å². The minimum absolute atomic E-state index is 0.0937. The monoisotopic (exact) mass is 353 g/mol. The third kappa shape index (κ3) is 3.85. The highest BCUT2D eigenvalue weighted by molar-refractivity contribution is 5.79. The molecule has 8 nitrogen and oxygen atoms in total. The van der Waals surface area contributed by atoms with E-state index in [1.54, 1.807) is 19.9 Å². The summed E-state index contributed by atoms with van der Waals surface area (Å²) in [7, 11) is 0. The van der Waals surface area contributed by atoms with Gasteiger partial charge in [0.05, 0.1) is 12.2 Å². The van der Waals surface area contributed by atoms with Gasteiger partial charge in [-0.15, -0.1) is 10.2 Å². The molecule has 26 heavy (non-hydrogen) atoms. The minimum Gasteiger partial charge on any atom is -0.424 e. The standard InChI is InChI=1S/C18H19N5O3/c1-11-4-6-14(7-5-11)15-8-9-17(24)23(22-15)12(2)18(25)19-10-16-21-20-13(3)26-16/h4-9,12H,10H2,1-3H3,(H,19,25). The fourth-order valence-corrected chi connectivity index (χ4v) is 2.41. The molecule has 1 N–H and O–H groups in total. The van der Waals surface area contributed by atoms with Gasteiger partial charge in [-0.1, -0.05) is 29.8 Å². The second-order valence-electron chi connectivity index (χ2n) is 5.98. The second-order valence-corrected chi connectivity index (χ2v) is 5.98. The van der Waals surface area contributed by atoms with Crippen molar-refractivity contribution in [2.75, 3.05) is 0 Å². The fraction of sp³-hybridized carbons (Fsp3) is 0.278. The molecule has 1 atom stereocenters. The lowest BCUT2D eigenvalue weighted by atomic mass is 10.1. The maximum atomic E-state index is 12.4. The van der Waals surface area contributed by atoms with Crippen LogP contribution in [0, 0.1) is 13.8 Å². The van der Waals surface area contributed by atoms with Crippen molar-refractivity contribution in [1.29, 1.82) is 0 Å². The number of aryl methyl sites for hydroxylation is 2. The summed E-state index contributed by atoms with van der Waals surface area (Å²) in [5.74, 6) is 0.360. The third-order valence-corrected chi connectivity index (χ3v) is 3.90. The molecule has 2 heterocycles. The van der Waals surface area contributed by atoms with Gasteiger partial charge in [0, 0.05) is 18.6 Å². The first kappa shape index (κ1) is 17.5. The lowest BCUT2D eigenvalue weighted by Gasteiger charge is -2.14. The SMILES string of the molecule is Cc1ccc(-c2ccc(=O)n(C(C)C(=O)NCc3nnc(C)o3)n2)cc1. The Bertz CT molecular complexity index is 975. The van der Waals surface area contributed by atoms with Crippen molar-refractivity contribution in [3.8, 4) is 11.3 Å². The molecule has 3 rings (SSSR count). The van der Waals surface area contributed by atoms with E-state index in [2.05, 4.69) is 20.6 Å². The maximum Gasteiger partial charge on any atom is 0.267 e. The van der Waals surface area contributed by atoms with E-state index in [9.17, 15) is 9.59 Å². The van der Waals surface area contributed by atoms with Crippen LogP contribution in [0.3, 0.4) is 0 Å². The third-order valence-electron chi connectivity index (χ3n) is 3.90. The van der Waals surface area contributed by atoms with Gasteiger partial charge >= 0.3 is 0 Å². The molecule has 0 aliphatic rings. The molecule has 0 aliphatic heterocycles. The molecule has 2 aromatic heterocycles. The Kier molecular flexibility index (Phi) is 4.92. The number of aromatic nitrogens is 4. The van der Waals surface area contributed by atoms with Crippen LogP contribution >= 0.6 is 0 Å². The van der Waals surface area contributed by atoms with Gasteiger partial charge in [0.2, 0.25) is 17.7 Å². The summed E-state index contributed by atoms with van der Waals surface area (Å²) in [6.45, 7) is 5.37. The predicted molar refractivity (Wildman–Crippen MR) is 94.3 cm³/mol. The molecule has 3 aromatic rings. The average molecular weight is 353 g/mol. The van der Waals surface area contributed by atoms with Gasteiger partial charge in [0.1, 0.15) is 6.04 Å². The molecule has 0 bridgehead atoms. The van der Waals surface area contributed by atoms with Gasteiger partial charge in [0.15, 0.2) is 0 Å². The molecule has 0 radical (unpaired) electrons. The van der Waals surface area contributed by atoms with Crippen molar-refractivity contribution in [3.05, 3.63) is 64.1 Å². The summed E-state index contributed by atoms with van der Waals surface area (Å²) < 4.78 is 6.38. The smallest absolute Gasteiger partial charge is 0.267 e. The number of hydrogen-bond donors (Lipinski definition) is 1. The predicted octanol–water partition coefficient (Wildman–Crippen LogP) is 1.79. The first-order valence-corrected chi connectivity index (χ1v) is 8.17. The quantitative estimate of drug-likeness (QED) is 0.750. The van der Waals surface area contributed by atoms with E-state index in [4.69, 9.17) is 4.42 Å². The van der Waals surface area contributed by atoms with E-state index >= 15 is 0 Å². The second kappa shape index (κ2) is 7.30. The zero-order valence-corrected chi connectivity index (χ0v) is 14.8. The van der Waals surface area contributed by atoms with Crippen molar-refractivity contribution in [2.24, 2.45) is 0 Å². The van der Waals surface area contributed by atoms with E-state index in [1.165, 1.54) is 10.7 Å². The molecule has 0 fully saturated rings. The molecule has 1 amide bonds. The Labute approximate surface area is 149 Å². The van der Waals surface area contributed by atoms with Crippen molar-refractivity contribution >= 4 is 5.91 Å². The molecule has 8 heteroatoms. The number of carbonyl (C=O) groups is 1. The number of hydrogen-bond acceptors (Lipinski definition) is 6. The summed E-state index contributed by atoms with van der Waals surface area (Å²) >= 11 is 0. The van der Waals surface area contributed by atoms with E-state index in [1.807, 2.05) is 31.2 Å². The Morgan fingerprint density at radius 2 is 1.88 bits per heavy atom. The summed E-state index contributed by atoms with van der Waals surface area (Å²) in [6, 6.07) is 10.1.